The maximum Gasteiger partial charge on any atom is 0.252 e. The maximum absolute atomic E-state index is 14.4. The van der Waals surface area contributed by atoms with Gasteiger partial charge in [0.15, 0.2) is 11.5 Å². The Labute approximate surface area is 382 Å². The summed E-state index contributed by atoms with van der Waals surface area (Å²) in [7, 11) is 14.0. The Hall–Kier alpha value is -8.11. The van der Waals surface area contributed by atoms with Crippen LogP contribution in [0.2, 0.25) is 0 Å². The van der Waals surface area contributed by atoms with Gasteiger partial charge in [-0.2, -0.15) is 0 Å². The van der Waals surface area contributed by atoms with Crippen LogP contribution < -0.4 is 34.5 Å². The number of fused-ring (bicyclic) bond motifs is 2. The highest BCUT2D eigenvalue weighted by molar-refractivity contribution is 6.09. The second-order valence-corrected chi connectivity index (χ2v) is 16.0. The van der Waals surface area contributed by atoms with E-state index in [9.17, 15) is 9.59 Å². The molecule has 8 rings (SSSR count). The number of H-pyrrole nitrogens is 1. The summed E-state index contributed by atoms with van der Waals surface area (Å²) in [6.07, 6.45) is 7.23. The van der Waals surface area contributed by atoms with Gasteiger partial charge in [-0.15, -0.1) is 0 Å². The lowest BCUT2D eigenvalue weighted by Gasteiger charge is -2.26. The predicted molar refractivity (Wildman–Crippen MR) is 259 cm³/mol. The van der Waals surface area contributed by atoms with Crippen molar-refractivity contribution in [2.24, 2.45) is 7.05 Å². The van der Waals surface area contributed by atoms with Crippen LogP contribution in [0, 0.1) is 0 Å². The summed E-state index contributed by atoms with van der Waals surface area (Å²) in [5.74, 6) is 1.50. The molecule has 0 aliphatic carbocycles. The van der Waals surface area contributed by atoms with Crippen molar-refractivity contribution in [3.8, 4) is 45.6 Å². The second-order valence-electron chi connectivity index (χ2n) is 16.0. The molecule has 16 heteroatoms. The number of hydrogen-bond acceptors (Lipinski definition) is 12. The zero-order valence-corrected chi connectivity index (χ0v) is 38.2. The van der Waals surface area contributed by atoms with Crippen molar-refractivity contribution < 1.29 is 28.5 Å². The summed E-state index contributed by atoms with van der Waals surface area (Å²) < 4.78 is 26.3. The lowest BCUT2D eigenvalue weighted by molar-refractivity contribution is -0.113. The number of aromatic amines is 1. The van der Waals surface area contributed by atoms with Crippen LogP contribution in [-0.2, 0) is 18.4 Å². The molecule has 4 aromatic heterocycles. The number of imidazole rings is 1. The molecule has 8 aromatic rings. The predicted octanol–water partition coefficient (Wildman–Crippen LogP) is 8.18. The third-order valence-corrected chi connectivity index (χ3v) is 11.4. The summed E-state index contributed by atoms with van der Waals surface area (Å²) in [4.78, 5) is 50.4. The molecule has 0 unspecified atom stereocenters. The molecule has 3 N–H and O–H groups in total. The van der Waals surface area contributed by atoms with Gasteiger partial charge in [-0.3, -0.25) is 9.59 Å². The van der Waals surface area contributed by atoms with E-state index in [1.807, 2.05) is 93.9 Å². The molecule has 0 aliphatic heterocycles. The van der Waals surface area contributed by atoms with Crippen molar-refractivity contribution in [3.05, 3.63) is 127 Å². The largest absolute Gasteiger partial charge is 0.494 e. The minimum atomic E-state index is -0.446. The molecule has 4 heterocycles. The quantitative estimate of drug-likeness (QED) is 0.0560. The molecule has 0 radical (unpaired) electrons. The number of ketones is 1. The Kier molecular flexibility index (Phi) is 12.8. The van der Waals surface area contributed by atoms with Crippen LogP contribution in [0.25, 0.3) is 44.5 Å². The number of para-hydroxylation sites is 2. The molecule has 16 nitrogen and oxygen atoms in total. The smallest absolute Gasteiger partial charge is 0.252 e. The van der Waals surface area contributed by atoms with Gasteiger partial charge in [0.1, 0.15) is 17.3 Å². The number of likely N-dealkylation sites (N-methyl/N-ethyl adjacent to an activating group) is 2. The number of rotatable bonds is 18. The number of anilines is 4. The molecule has 0 atom stereocenters. The summed E-state index contributed by atoms with van der Waals surface area (Å²) in [6.45, 7) is 5.64. The first-order valence-corrected chi connectivity index (χ1v) is 21.1. The molecule has 0 saturated carbocycles. The monoisotopic (exact) mass is 888 g/mol. The van der Waals surface area contributed by atoms with E-state index < -0.39 is 5.91 Å². The zero-order chi connectivity index (χ0) is 46.6. The van der Waals surface area contributed by atoms with Crippen molar-refractivity contribution >= 4 is 56.5 Å². The molecule has 1 amide bonds. The van der Waals surface area contributed by atoms with Gasteiger partial charge in [0.25, 0.3) is 5.91 Å². The average molecular weight is 889 g/mol. The molecule has 0 aliphatic rings. The molecule has 0 fully saturated rings. The Morgan fingerprint density at radius 1 is 0.788 bits per heavy atom. The molecule has 66 heavy (non-hydrogen) atoms. The van der Waals surface area contributed by atoms with E-state index in [0.717, 1.165) is 45.2 Å². The van der Waals surface area contributed by atoms with E-state index in [-0.39, 0.29) is 29.2 Å². The summed E-state index contributed by atoms with van der Waals surface area (Å²) in [5, 5.41) is 8.44. The van der Waals surface area contributed by atoms with Gasteiger partial charge in [0.05, 0.1) is 57.7 Å². The number of nitrogens with zero attached hydrogens (tertiary/aromatic N) is 7. The van der Waals surface area contributed by atoms with Crippen LogP contribution in [-0.4, -0.2) is 108 Å². The van der Waals surface area contributed by atoms with Gasteiger partial charge in [0.2, 0.25) is 17.5 Å². The number of aryl methyl sites for hydroxylation is 1. The normalized spacial score (nSPS) is 11.2. The molecule has 0 spiro atoms. The van der Waals surface area contributed by atoms with E-state index in [1.165, 1.54) is 21.3 Å². The van der Waals surface area contributed by atoms with Crippen molar-refractivity contribution in [2.45, 2.75) is 6.54 Å². The van der Waals surface area contributed by atoms with E-state index in [2.05, 4.69) is 55.0 Å². The summed E-state index contributed by atoms with van der Waals surface area (Å²) in [6, 6.07) is 24.7. The third kappa shape index (κ3) is 8.86. The Bertz CT molecular complexity index is 3090. The van der Waals surface area contributed by atoms with Crippen LogP contribution >= 0.6 is 0 Å². The van der Waals surface area contributed by atoms with Crippen molar-refractivity contribution in [1.82, 2.24) is 34.0 Å². The fourth-order valence-electron chi connectivity index (χ4n) is 7.92. The number of hydrogen-bond donors (Lipinski definition) is 3. The first kappa shape index (κ1) is 44.5. The lowest BCUT2D eigenvalue weighted by atomic mass is 10.1. The number of carbonyl (C=O) groups excluding carboxylic acids is 2. The van der Waals surface area contributed by atoms with Gasteiger partial charge in [-0.25, -0.2) is 15.0 Å². The summed E-state index contributed by atoms with van der Waals surface area (Å²) in [5.41, 5.74) is 6.79. The van der Waals surface area contributed by atoms with Crippen molar-refractivity contribution in [1.29, 1.82) is 0 Å². The highest BCUT2D eigenvalue weighted by Gasteiger charge is 2.25. The summed E-state index contributed by atoms with van der Waals surface area (Å²) >= 11 is 0. The maximum atomic E-state index is 14.4. The Morgan fingerprint density at radius 3 is 2.21 bits per heavy atom. The fourth-order valence-corrected chi connectivity index (χ4v) is 7.92. The highest BCUT2D eigenvalue weighted by Crippen LogP contribution is 2.41. The molecule has 338 valence electrons. The third-order valence-electron chi connectivity index (χ3n) is 11.4. The van der Waals surface area contributed by atoms with Crippen LogP contribution in [0.5, 0.6) is 23.0 Å². The number of ether oxygens (including phenoxy) is 4. The number of nitrogens with one attached hydrogen (secondary N) is 3. The van der Waals surface area contributed by atoms with E-state index >= 15 is 0 Å². The van der Waals surface area contributed by atoms with E-state index in [4.69, 9.17) is 28.9 Å². The highest BCUT2D eigenvalue weighted by atomic mass is 16.5. The average Bonchev–Trinajstić information content (AvgIpc) is 4.05. The van der Waals surface area contributed by atoms with Gasteiger partial charge >= 0.3 is 0 Å². The first-order valence-electron chi connectivity index (χ1n) is 21.1. The van der Waals surface area contributed by atoms with Gasteiger partial charge < -0.3 is 53.5 Å². The standard InChI is InChI=1S/C50H52N10O6/c1-30(27-60-29-40(53-48(60)34-26-52-36-16-12-10-14-32(34)36)46(61)31-22-44(64-7)47(66-9)45(23-31)65-8)49(62)54-38-24-39(43(63-6)25-42(38)58(4)21-20-57(2)3)56-50-51-19-18-37(55-50)35-28-59(5)41-17-13-11-15-33(35)41/h10-19,22-26,28-29,52H,1,20-21,27H2,2-9H3,(H,54,62)(H,51,55,56). The van der Waals surface area contributed by atoms with Gasteiger partial charge in [-0.1, -0.05) is 43.0 Å². The second kappa shape index (κ2) is 18.9. The van der Waals surface area contributed by atoms with E-state index in [0.29, 0.717) is 58.4 Å². The van der Waals surface area contributed by atoms with Crippen LogP contribution in [0.15, 0.2) is 116 Å². The fraction of sp³-hybridized carbons (Fsp3) is 0.220. The zero-order valence-electron chi connectivity index (χ0n) is 38.2. The molecule has 4 aromatic carbocycles. The molecule has 0 bridgehead atoms. The number of amides is 1. The van der Waals surface area contributed by atoms with Crippen molar-refractivity contribution in [3.63, 3.8) is 0 Å². The molecule has 0 saturated heterocycles. The topological polar surface area (TPSA) is 166 Å². The molecular weight excluding hydrogens is 837 g/mol. The molecular formula is C50H52N10O6. The van der Waals surface area contributed by atoms with Gasteiger partial charge in [-0.05, 0) is 50.5 Å². The Balaban J connectivity index is 1.13. The van der Waals surface area contributed by atoms with E-state index in [1.54, 1.807) is 36.2 Å². The number of carbonyl (C=O) groups is 2. The van der Waals surface area contributed by atoms with Crippen LogP contribution in [0.3, 0.4) is 0 Å². The number of aromatic nitrogens is 6. The van der Waals surface area contributed by atoms with Gasteiger partial charge in [0, 0.05) is 102 Å². The minimum Gasteiger partial charge on any atom is -0.494 e. The SMILES string of the molecule is C=C(Cn1cc(C(=O)c2cc(OC)c(OC)c(OC)c2)nc1-c1c[nH]c2ccccc12)C(=O)Nc1cc(Nc2nccc(-c3cn(C)c4ccccc34)n2)c(OC)cc1N(C)CCN(C)C. The van der Waals surface area contributed by atoms with Crippen LogP contribution in [0.4, 0.5) is 23.0 Å². The number of methoxy groups -OCH3 is 4. The Morgan fingerprint density at radius 2 is 1.50 bits per heavy atom. The first-order chi connectivity index (χ1) is 31.9. The lowest BCUT2D eigenvalue weighted by Crippen LogP contribution is -2.29. The van der Waals surface area contributed by atoms with Crippen molar-refractivity contribution in [2.75, 3.05) is 78.2 Å². The van der Waals surface area contributed by atoms with Crippen LogP contribution in [0.1, 0.15) is 16.1 Å². The minimum absolute atomic E-state index is 0.00191. The number of benzene rings is 4.